The quantitative estimate of drug-likeness (QED) is 0.721. The first-order chi connectivity index (χ1) is 9.25. The van der Waals surface area contributed by atoms with Gasteiger partial charge in [-0.25, -0.2) is 0 Å². The van der Waals surface area contributed by atoms with E-state index in [4.69, 9.17) is 16.3 Å². The molecule has 1 fully saturated rings. The van der Waals surface area contributed by atoms with Gasteiger partial charge in [0.05, 0.1) is 6.61 Å². The first-order valence-corrected chi connectivity index (χ1v) is 7.75. The van der Waals surface area contributed by atoms with Crippen LogP contribution in [0.1, 0.15) is 37.7 Å². The average Bonchev–Trinajstić information content (AvgIpc) is 2.42. The van der Waals surface area contributed by atoms with E-state index in [9.17, 15) is 0 Å². The molecule has 1 heterocycles. The molecule has 0 saturated carbocycles. The van der Waals surface area contributed by atoms with Crippen LogP contribution in [-0.2, 0) is 0 Å². The molecule has 19 heavy (non-hydrogen) atoms. The molecule has 2 nitrogen and oxygen atoms in total. The van der Waals surface area contributed by atoms with Crippen LogP contribution in [0.4, 0.5) is 0 Å². The van der Waals surface area contributed by atoms with Gasteiger partial charge in [0.15, 0.2) is 0 Å². The van der Waals surface area contributed by atoms with Crippen LogP contribution in [0.5, 0.6) is 5.75 Å². The van der Waals surface area contributed by atoms with Crippen LogP contribution in [0.25, 0.3) is 0 Å². The minimum atomic E-state index is 0.773. The zero-order valence-electron chi connectivity index (χ0n) is 11.8. The molecule has 106 valence electrons. The fourth-order valence-corrected chi connectivity index (χ4v) is 2.80. The minimum absolute atomic E-state index is 0.773. The van der Waals surface area contributed by atoms with Crippen LogP contribution in [0.3, 0.4) is 0 Å². The third kappa shape index (κ3) is 5.04. The van der Waals surface area contributed by atoms with Gasteiger partial charge in [0.1, 0.15) is 5.75 Å². The highest BCUT2D eigenvalue weighted by molar-refractivity contribution is 6.30. The summed E-state index contributed by atoms with van der Waals surface area (Å²) in [6.45, 7) is 6.64. The molecule has 1 saturated heterocycles. The summed E-state index contributed by atoms with van der Waals surface area (Å²) in [4.78, 5) is 2.58. The first kappa shape index (κ1) is 14.7. The fraction of sp³-hybridized carbons (Fsp3) is 0.625. The summed E-state index contributed by atoms with van der Waals surface area (Å²) in [5.41, 5.74) is 1.11. The van der Waals surface area contributed by atoms with Crippen LogP contribution < -0.4 is 4.74 Å². The predicted octanol–water partition coefficient (Wildman–Crippen LogP) is 4.29. The second-order valence-electron chi connectivity index (χ2n) is 5.37. The van der Waals surface area contributed by atoms with Gasteiger partial charge in [-0.3, -0.25) is 0 Å². The second kappa shape index (κ2) is 7.76. The number of rotatable bonds is 6. The molecule has 0 radical (unpaired) electrons. The van der Waals surface area contributed by atoms with Gasteiger partial charge in [-0.1, -0.05) is 18.0 Å². The van der Waals surface area contributed by atoms with E-state index >= 15 is 0 Å². The lowest BCUT2D eigenvalue weighted by Gasteiger charge is -2.26. The van der Waals surface area contributed by atoms with Crippen molar-refractivity contribution < 1.29 is 4.74 Å². The van der Waals surface area contributed by atoms with E-state index in [0.29, 0.717) is 0 Å². The van der Waals surface area contributed by atoms with Crippen molar-refractivity contribution in [3.63, 3.8) is 0 Å². The Morgan fingerprint density at radius 2 is 1.95 bits per heavy atom. The van der Waals surface area contributed by atoms with Crippen molar-refractivity contribution >= 4 is 11.6 Å². The molecule has 1 aromatic rings. The molecule has 0 aromatic heterocycles. The van der Waals surface area contributed by atoms with Gasteiger partial charge in [0.2, 0.25) is 0 Å². The normalized spacial score (nSPS) is 16.5. The van der Waals surface area contributed by atoms with E-state index in [1.165, 1.54) is 45.3 Å². The third-order valence-corrected chi connectivity index (χ3v) is 3.95. The largest absolute Gasteiger partial charge is 0.493 e. The number of benzene rings is 1. The summed E-state index contributed by atoms with van der Waals surface area (Å²) in [6, 6.07) is 5.80. The third-order valence-electron chi connectivity index (χ3n) is 3.71. The number of nitrogens with zero attached hydrogens (tertiary/aromatic N) is 1. The number of ether oxygens (including phenoxy) is 1. The van der Waals surface area contributed by atoms with Gasteiger partial charge in [0, 0.05) is 5.02 Å². The highest BCUT2D eigenvalue weighted by Crippen LogP contribution is 2.22. The molecular weight excluding hydrogens is 258 g/mol. The summed E-state index contributed by atoms with van der Waals surface area (Å²) in [5.74, 6) is 0.961. The Hall–Kier alpha value is -0.730. The lowest BCUT2D eigenvalue weighted by Crippen LogP contribution is -2.30. The van der Waals surface area contributed by atoms with E-state index in [1.807, 2.05) is 25.1 Å². The molecular formula is C16H24ClNO. The minimum Gasteiger partial charge on any atom is -0.493 e. The fourth-order valence-electron chi connectivity index (χ4n) is 2.58. The number of aryl methyl sites for hydroxylation is 1. The van der Waals surface area contributed by atoms with Gasteiger partial charge >= 0.3 is 0 Å². The molecule has 1 aliphatic heterocycles. The van der Waals surface area contributed by atoms with Gasteiger partial charge in [-0.15, -0.1) is 0 Å². The van der Waals surface area contributed by atoms with Gasteiger partial charge in [-0.2, -0.15) is 0 Å². The van der Waals surface area contributed by atoms with E-state index in [1.54, 1.807) is 0 Å². The zero-order chi connectivity index (χ0) is 13.5. The van der Waals surface area contributed by atoms with Crippen molar-refractivity contribution in [3.8, 4) is 5.75 Å². The SMILES string of the molecule is Cc1cc(Cl)ccc1OCCCCN1CCCCC1. The van der Waals surface area contributed by atoms with E-state index < -0.39 is 0 Å². The highest BCUT2D eigenvalue weighted by Gasteiger charge is 2.08. The van der Waals surface area contributed by atoms with Crippen LogP contribution in [0.2, 0.25) is 5.02 Å². The zero-order valence-corrected chi connectivity index (χ0v) is 12.6. The summed E-state index contributed by atoms with van der Waals surface area (Å²) < 4.78 is 5.80. The molecule has 0 N–H and O–H groups in total. The average molecular weight is 282 g/mol. The van der Waals surface area contributed by atoms with Crippen LogP contribution in [0, 0.1) is 6.92 Å². The molecule has 1 aliphatic rings. The maximum Gasteiger partial charge on any atom is 0.122 e. The van der Waals surface area contributed by atoms with Crippen molar-refractivity contribution in [2.24, 2.45) is 0 Å². The Balaban J connectivity index is 1.61. The standard InChI is InChI=1S/C16H24ClNO/c1-14-13-15(17)7-8-16(14)19-12-6-5-11-18-9-3-2-4-10-18/h7-8,13H,2-6,9-12H2,1H3. The summed E-state index contributed by atoms with van der Waals surface area (Å²) >= 11 is 5.93. The van der Waals surface area contributed by atoms with Crippen molar-refractivity contribution in [2.75, 3.05) is 26.2 Å². The predicted molar refractivity (Wildman–Crippen MR) is 81.2 cm³/mol. The number of piperidine rings is 1. The lowest BCUT2D eigenvalue weighted by molar-refractivity contribution is 0.216. The highest BCUT2D eigenvalue weighted by atomic mass is 35.5. The van der Waals surface area contributed by atoms with Crippen molar-refractivity contribution in [1.29, 1.82) is 0 Å². The topological polar surface area (TPSA) is 12.5 Å². The molecule has 0 bridgehead atoms. The van der Waals surface area contributed by atoms with E-state index in [0.717, 1.165) is 29.4 Å². The summed E-state index contributed by atoms with van der Waals surface area (Å²) in [5, 5.41) is 0.773. The van der Waals surface area contributed by atoms with Crippen LogP contribution in [0.15, 0.2) is 18.2 Å². The molecule has 3 heteroatoms. The Kier molecular flexibility index (Phi) is 5.99. The van der Waals surface area contributed by atoms with Crippen molar-refractivity contribution in [1.82, 2.24) is 4.90 Å². The van der Waals surface area contributed by atoms with Gasteiger partial charge < -0.3 is 9.64 Å². The van der Waals surface area contributed by atoms with Crippen LogP contribution in [-0.4, -0.2) is 31.1 Å². The lowest BCUT2D eigenvalue weighted by atomic mass is 10.1. The smallest absolute Gasteiger partial charge is 0.122 e. The Morgan fingerprint density at radius 1 is 1.16 bits per heavy atom. The molecule has 0 amide bonds. The molecule has 1 aromatic carbocycles. The number of hydrogen-bond acceptors (Lipinski definition) is 2. The number of unbranched alkanes of at least 4 members (excludes halogenated alkanes) is 1. The maximum atomic E-state index is 5.93. The van der Waals surface area contributed by atoms with Gasteiger partial charge in [0.25, 0.3) is 0 Å². The van der Waals surface area contributed by atoms with Gasteiger partial charge in [-0.05, 0) is 76.0 Å². The summed E-state index contributed by atoms with van der Waals surface area (Å²) in [6.07, 6.45) is 6.52. The Bertz CT molecular complexity index is 388. The molecule has 0 atom stereocenters. The molecule has 0 aliphatic carbocycles. The summed E-state index contributed by atoms with van der Waals surface area (Å²) in [7, 11) is 0. The first-order valence-electron chi connectivity index (χ1n) is 7.37. The van der Waals surface area contributed by atoms with Crippen LogP contribution >= 0.6 is 11.6 Å². The van der Waals surface area contributed by atoms with E-state index in [-0.39, 0.29) is 0 Å². The molecule has 0 unspecified atom stereocenters. The number of hydrogen-bond donors (Lipinski definition) is 0. The van der Waals surface area contributed by atoms with Crippen molar-refractivity contribution in [2.45, 2.75) is 39.0 Å². The second-order valence-corrected chi connectivity index (χ2v) is 5.80. The molecule has 2 rings (SSSR count). The number of likely N-dealkylation sites (tertiary alicyclic amines) is 1. The Labute approximate surface area is 121 Å². The monoisotopic (exact) mass is 281 g/mol. The molecule has 0 spiro atoms. The van der Waals surface area contributed by atoms with E-state index in [2.05, 4.69) is 4.90 Å². The Morgan fingerprint density at radius 3 is 2.68 bits per heavy atom. The van der Waals surface area contributed by atoms with Crippen molar-refractivity contribution in [3.05, 3.63) is 28.8 Å². The maximum absolute atomic E-state index is 5.93. The number of halogens is 1.